The lowest BCUT2D eigenvalue weighted by molar-refractivity contribution is 0.596. The van der Waals surface area contributed by atoms with Crippen molar-refractivity contribution in [2.24, 2.45) is 0 Å². The van der Waals surface area contributed by atoms with Crippen LogP contribution in [0.3, 0.4) is 0 Å². The highest BCUT2D eigenvalue weighted by molar-refractivity contribution is 14.1. The van der Waals surface area contributed by atoms with Crippen LogP contribution in [0.1, 0.15) is 51.2 Å². The smallest absolute Gasteiger partial charge is 0.206 e. The Morgan fingerprint density at radius 2 is 1.39 bits per heavy atom. The zero-order valence-electron chi connectivity index (χ0n) is 14.0. The fourth-order valence-electron chi connectivity index (χ4n) is 2.38. The number of halogens is 1. The normalized spacial score (nSPS) is 13.8. The first-order chi connectivity index (χ1) is 10.7. The van der Waals surface area contributed by atoms with Crippen LogP contribution in [0, 0.1) is 0 Å². The molecule has 0 aliphatic heterocycles. The van der Waals surface area contributed by atoms with Gasteiger partial charge >= 0.3 is 0 Å². The third-order valence-corrected chi connectivity index (χ3v) is 6.63. The van der Waals surface area contributed by atoms with Gasteiger partial charge in [0, 0.05) is 3.42 Å². The van der Waals surface area contributed by atoms with Crippen molar-refractivity contribution in [1.82, 2.24) is 0 Å². The molecule has 2 rings (SSSR count). The first-order valence-electron chi connectivity index (χ1n) is 7.80. The summed E-state index contributed by atoms with van der Waals surface area (Å²) in [5.41, 5.74) is 2.29. The van der Waals surface area contributed by atoms with Crippen LogP contribution < -0.4 is 0 Å². The minimum absolute atomic E-state index is 0.0159. The third-order valence-electron chi connectivity index (χ3n) is 4.22. The van der Waals surface area contributed by atoms with Gasteiger partial charge in [-0.15, -0.1) is 0 Å². The second-order valence-electron chi connectivity index (χ2n) is 6.38. The molecule has 0 amide bonds. The van der Waals surface area contributed by atoms with Gasteiger partial charge in [-0.25, -0.2) is 8.42 Å². The maximum atomic E-state index is 12.7. The molecule has 0 spiro atoms. The lowest BCUT2D eigenvalue weighted by atomic mass is 9.99. The molecule has 0 fully saturated rings. The van der Waals surface area contributed by atoms with Gasteiger partial charge in [-0.2, -0.15) is 0 Å². The van der Waals surface area contributed by atoms with Crippen molar-refractivity contribution in [1.29, 1.82) is 0 Å². The summed E-state index contributed by atoms with van der Waals surface area (Å²) in [7, 11) is -3.45. The van der Waals surface area contributed by atoms with Crippen LogP contribution in [-0.4, -0.2) is 8.42 Å². The lowest BCUT2D eigenvalue weighted by Gasteiger charge is -2.17. The standard InChI is InChI=1S/C19H23IO2S/c1-5-14(2)15-6-10-17(11-7-15)23(21,22)18-12-8-16(9-13-18)19(3,4)20/h6-14H,5H2,1-4H3. The molecular weight excluding hydrogens is 419 g/mol. The van der Waals surface area contributed by atoms with Gasteiger partial charge in [0.25, 0.3) is 0 Å². The van der Waals surface area contributed by atoms with Crippen LogP contribution in [0.15, 0.2) is 58.3 Å². The molecule has 0 heterocycles. The number of rotatable bonds is 5. The maximum absolute atomic E-state index is 12.7. The molecule has 0 saturated carbocycles. The van der Waals surface area contributed by atoms with E-state index in [1.807, 2.05) is 24.3 Å². The quantitative estimate of drug-likeness (QED) is 0.440. The minimum Gasteiger partial charge on any atom is -0.219 e. The van der Waals surface area contributed by atoms with Crippen molar-refractivity contribution in [2.75, 3.05) is 0 Å². The highest BCUT2D eigenvalue weighted by Gasteiger charge is 2.20. The molecule has 0 saturated heterocycles. The average molecular weight is 442 g/mol. The van der Waals surface area contributed by atoms with Crippen LogP contribution in [0.5, 0.6) is 0 Å². The Morgan fingerprint density at radius 3 is 1.78 bits per heavy atom. The van der Waals surface area contributed by atoms with Gasteiger partial charge in [-0.05, 0) is 61.6 Å². The van der Waals surface area contributed by atoms with Crippen molar-refractivity contribution >= 4 is 32.4 Å². The number of hydrogen-bond acceptors (Lipinski definition) is 2. The summed E-state index contributed by atoms with van der Waals surface area (Å²) in [6, 6.07) is 14.5. The van der Waals surface area contributed by atoms with E-state index in [-0.39, 0.29) is 3.42 Å². The van der Waals surface area contributed by atoms with E-state index < -0.39 is 9.84 Å². The molecular formula is C19H23IO2S. The first kappa shape index (κ1) is 18.5. The van der Waals surface area contributed by atoms with E-state index in [4.69, 9.17) is 0 Å². The van der Waals surface area contributed by atoms with Crippen LogP contribution in [0.2, 0.25) is 0 Å². The average Bonchev–Trinajstić information content (AvgIpc) is 2.53. The van der Waals surface area contributed by atoms with Crippen LogP contribution in [-0.2, 0) is 13.3 Å². The van der Waals surface area contributed by atoms with Gasteiger partial charge in [-0.3, -0.25) is 0 Å². The Balaban J connectivity index is 2.35. The molecule has 0 bridgehead atoms. The van der Waals surface area contributed by atoms with Crippen LogP contribution in [0.4, 0.5) is 0 Å². The number of hydrogen-bond donors (Lipinski definition) is 0. The highest BCUT2D eigenvalue weighted by Crippen LogP contribution is 2.32. The Morgan fingerprint density at radius 1 is 0.957 bits per heavy atom. The molecule has 0 aromatic heterocycles. The summed E-state index contributed by atoms with van der Waals surface area (Å²) in [4.78, 5) is 0.698. The van der Waals surface area contributed by atoms with Crippen LogP contribution in [0.25, 0.3) is 0 Å². The lowest BCUT2D eigenvalue weighted by Crippen LogP contribution is -2.07. The fourth-order valence-corrected chi connectivity index (χ4v) is 4.00. The van der Waals surface area contributed by atoms with Crippen molar-refractivity contribution in [3.05, 3.63) is 59.7 Å². The molecule has 0 aliphatic carbocycles. The predicted molar refractivity (Wildman–Crippen MR) is 104 cm³/mol. The maximum Gasteiger partial charge on any atom is 0.206 e. The van der Waals surface area contributed by atoms with E-state index in [0.29, 0.717) is 15.7 Å². The zero-order valence-corrected chi connectivity index (χ0v) is 17.0. The molecule has 0 aliphatic rings. The Hall–Kier alpha value is -0.880. The van der Waals surface area contributed by atoms with Gasteiger partial charge in [0.2, 0.25) is 9.84 Å². The second-order valence-corrected chi connectivity index (χ2v) is 11.0. The summed E-state index contributed by atoms with van der Waals surface area (Å²) < 4.78 is 25.5. The SMILES string of the molecule is CCC(C)c1ccc(S(=O)(=O)c2ccc(C(C)(C)I)cc2)cc1. The summed E-state index contributed by atoms with van der Waals surface area (Å²) in [6.45, 7) is 8.48. The van der Waals surface area contributed by atoms with E-state index >= 15 is 0 Å². The predicted octanol–water partition coefficient (Wildman–Crippen LogP) is 5.70. The Labute approximate surface area is 153 Å². The summed E-state index contributed by atoms with van der Waals surface area (Å²) in [5, 5.41) is 0. The molecule has 2 nitrogen and oxygen atoms in total. The van der Waals surface area contributed by atoms with Gasteiger partial charge in [0.15, 0.2) is 0 Å². The van der Waals surface area contributed by atoms with E-state index in [1.54, 1.807) is 24.3 Å². The number of sulfone groups is 1. The van der Waals surface area contributed by atoms with Gasteiger partial charge < -0.3 is 0 Å². The molecule has 1 unspecified atom stereocenters. The van der Waals surface area contributed by atoms with E-state index in [0.717, 1.165) is 12.0 Å². The number of alkyl halides is 1. The molecule has 2 aromatic carbocycles. The summed E-state index contributed by atoms with van der Waals surface area (Å²) in [6.07, 6.45) is 1.04. The zero-order chi connectivity index (χ0) is 17.3. The first-order valence-corrected chi connectivity index (χ1v) is 10.4. The van der Waals surface area contributed by atoms with Crippen molar-refractivity contribution in [3.63, 3.8) is 0 Å². The summed E-state index contributed by atoms with van der Waals surface area (Å²) >= 11 is 2.35. The van der Waals surface area contributed by atoms with Gasteiger partial charge in [0.05, 0.1) is 9.79 Å². The minimum atomic E-state index is -3.45. The molecule has 2 aromatic rings. The third kappa shape index (κ3) is 4.15. The van der Waals surface area contributed by atoms with Crippen molar-refractivity contribution in [2.45, 2.75) is 53.2 Å². The Bertz CT molecular complexity index is 755. The van der Waals surface area contributed by atoms with E-state index in [1.165, 1.54) is 5.56 Å². The van der Waals surface area contributed by atoms with Gasteiger partial charge in [-0.1, -0.05) is 60.7 Å². The highest BCUT2D eigenvalue weighted by atomic mass is 127. The molecule has 0 N–H and O–H groups in total. The number of benzene rings is 2. The van der Waals surface area contributed by atoms with Crippen LogP contribution >= 0.6 is 22.6 Å². The van der Waals surface area contributed by atoms with E-state index in [2.05, 4.69) is 50.3 Å². The van der Waals surface area contributed by atoms with Crippen molar-refractivity contribution in [3.8, 4) is 0 Å². The molecule has 4 heteroatoms. The molecule has 124 valence electrons. The topological polar surface area (TPSA) is 34.1 Å². The Kier molecular flexibility index (Phi) is 5.56. The summed E-state index contributed by atoms with van der Waals surface area (Å²) in [5.74, 6) is 0.442. The van der Waals surface area contributed by atoms with Gasteiger partial charge in [0.1, 0.15) is 0 Å². The fraction of sp³-hybridized carbons (Fsp3) is 0.368. The second kappa shape index (κ2) is 6.93. The monoisotopic (exact) mass is 442 g/mol. The van der Waals surface area contributed by atoms with E-state index in [9.17, 15) is 8.42 Å². The van der Waals surface area contributed by atoms with Crippen molar-refractivity contribution < 1.29 is 8.42 Å². The molecule has 1 atom stereocenters. The largest absolute Gasteiger partial charge is 0.219 e. The molecule has 23 heavy (non-hydrogen) atoms. The molecule has 0 radical (unpaired) electrons.